The van der Waals surface area contributed by atoms with E-state index in [9.17, 15) is 4.79 Å². The Kier molecular flexibility index (Phi) is 5.12. The molecule has 0 bridgehead atoms. The zero-order chi connectivity index (χ0) is 20.7. The first kappa shape index (κ1) is 19.4. The monoisotopic (exact) mass is 429 g/mol. The largest absolute Gasteiger partial charge is 0.488 e. The lowest BCUT2D eigenvalue weighted by atomic mass is 10.0. The van der Waals surface area contributed by atoms with Crippen LogP contribution in [0.25, 0.3) is 16.6 Å². The molecule has 9 heteroatoms. The summed E-state index contributed by atoms with van der Waals surface area (Å²) in [7, 11) is 0. The molecule has 0 radical (unpaired) electrons. The molecule has 0 aromatic carbocycles. The van der Waals surface area contributed by atoms with Crippen molar-refractivity contribution in [2.24, 2.45) is 5.92 Å². The van der Waals surface area contributed by atoms with Gasteiger partial charge in [0.1, 0.15) is 17.4 Å². The second-order valence-electron chi connectivity index (χ2n) is 8.02. The highest BCUT2D eigenvalue weighted by molar-refractivity contribution is 6.34. The number of hydrogen-bond donors (Lipinski definition) is 1. The highest BCUT2D eigenvalue weighted by Gasteiger charge is 2.29. The molecule has 2 aliphatic heterocycles. The number of nitrogens with one attached hydrogen (secondary N) is 1. The van der Waals surface area contributed by atoms with E-state index < -0.39 is 0 Å². The van der Waals surface area contributed by atoms with Crippen LogP contribution in [-0.2, 0) is 9.53 Å². The Labute approximate surface area is 179 Å². The first-order valence-corrected chi connectivity index (χ1v) is 10.7. The van der Waals surface area contributed by atoms with Gasteiger partial charge in [-0.2, -0.15) is 10.2 Å². The molecule has 0 saturated carbocycles. The molecule has 2 atom stereocenters. The van der Waals surface area contributed by atoms with Gasteiger partial charge in [-0.25, -0.2) is 4.52 Å². The minimum atomic E-state index is -0.140. The molecule has 5 heterocycles. The van der Waals surface area contributed by atoms with Gasteiger partial charge in [0.25, 0.3) is 0 Å². The molecule has 8 nitrogen and oxygen atoms in total. The van der Waals surface area contributed by atoms with Crippen molar-refractivity contribution in [2.45, 2.75) is 38.3 Å². The summed E-state index contributed by atoms with van der Waals surface area (Å²) >= 11 is 6.39. The van der Waals surface area contributed by atoms with Gasteiger partial charge in [0, 0.05) is 55.6 Å². The maximum Gasteiger partial charge on any atom is 0.220 e. The van der Waals surface area contributed by atoms with E-state index in [1.807, 2.05) is 30.1 Å². The van der Waals surface area contributed by atoms with Crippen molar-refractivity contribution < 1.29 is 14.3 Å². The highest BCUT2D eigenvalue weighted by atomic mass is 35.5. The average molecular weight is 430 g/mol. The van der Waals surface area contributed by atoms with Crippen molar-refractivity contribution in [2.75, 3.05) is 19.8 Å². The lowest BCUT2D eigenvalue weighted by molar-refractivity contribution is -0.119. The Morgan fingerprint density at radius 2 is 2.07 bits per heavy atom. The number of aromatic nitrogens is 4. The number of ether oxygens (including phenoxy) is 2. The first-order chi connectivity index (χ1) is 14.6. The predicted octanol–water partition coefficient (Wildman–Crippen LogP) is 3.11. The van der Waals surface area contributed by atoms with Gasteiger partial charge < -0.3 is 14.8 Å². The van der Waals surface area contributed by atoms with E-state index in [1.165, 1.54) is 0 Å². The molecule has 158 valence electrons. The van der Waals surface area contributed by atoms with Gasteiger partial charge in [0.2, 0.25) is 5.91 Å². The molecule has 3 aromatic rings. The van der Waals surface area contributed by atoms with Crippen molar-refractivity contribution in [3.05, 3.63) is 35.9 Å². The third-order valence-electron chi connectivity index (χ3n) is 6.02. The van der Waals surface area contributed by atoms with Gasteiger partial charge in [0.15, 0.2) is 0 Å². The summed E-state index contributed by atoms with van der Waals surface area (Å²) in [6, 6.07) is 2.34. The summed E-state index contributed by atoms with van der Waals surface area (Å²) in [4.78, 5) is 11.6. The van der Waals surface area contributed by atoms with Crippen LogP contribution in [0, 0.1) is 5.92 Å². The zero-order valence-electron chi connectivity index (χ0n) is 16.8. The van der Waals surface area contributed by atoms with E-state index in [0.717, 1.165) is 42.7 Å². The lowest BCUT2D eigenvalue weighted by Gasteiger charge is -2.22. The second kappa shape index (κ2) is 7.92. The maximum atomic E-state index is 11.6. The quantitative estimate of drug-likeness (QED) is 0.673. The fraction of sp³-hybridized carbons (Fsp3) is 0.476. The van der Waals surface area contributed by atoms with E-state index in [4.69, 9.17) is 21.1 Å². The van der Waals surface area contributed by atoms with E-state index >= 15 is 0 Å². The number of carbonyl (C=O) groups excluding carboxylic acids is 1. The predicted molar refractivity (Wildman–Crippen MR) is 112 cm³/mol. The maximum absolute atomic E-state index is 11.6. The molecule has 0 aliphatic carbocycles. The topological polar surface area (TPSA) is 82.7 Å². The van der Waals surface area contributed by atoms with Gasteiger partial charge in [-0.05, 0) is 25.8 Å². The lowest BCUT2D eigenvalue weighted by Crippen LogP contribution is -2.25. The molecule has 2 aliphatic rings. The van der Waals surface area contributed by atoms with E-state index in [0.29, 0.717) is 29.8 Å². The van der Waals surface area contributed by atoms with Crippen LogP contribution in [-0.4, -0.2) is 51.2 Å². The second-order valence-corrected chi connectivity index (χ2v) is 8.43. The molecular formula is C21H24ClN5O3. The SMILES string of the molecule is C[C@@H](Oc1cc(-c2cnn(C3CCOCC3)c2)cn2ncc(Cl)c12)[C@H]1CNC(=O)C1. The van der Waals surface area contributed by atoms with Gasteiger partial charge in [0.05, 0.1) is 23.5 Å². The summed E-state index contributed by atoms with van der Waals surface area (Å²) < 4.78 is 15.5. The number of hydrogen-bond acceptors (Lipinski definition) is 5. The van der Waals surface area contributed by atoms with Crippen LogP contribution < -0.4 is 10.1 Å². The smallest absolute Gasteiger partial charge is 0.220 e. The molecule has 1 N–H and O–H groups in total. The van der Waals surface area contributed by atoms with Crippen molar-refractivity contribution >= 4 is 23.0 Å². The number of pyridine rings is 1. The molecule has 0 spiro atoms. The van der Waals surface area contributed by atoms with Crippen LogP contribution in [0.1, 0.15) is 32.2 Å². The molecule has 2 saturated heterocycles. The third kappa shape index (κ3) is 3.65. The van der Waals surface area contributed by atoms with Crippen LogP contribution in [0.15, 0.2) is 30.9 Å². The fourth-order valence-electron chi connectivity index (χ4n) is 4.19. The van der Waals surface area contributed by atoms with Crippen molar-refractivity contribution in [1.29, 1.82) is 0 Å². The highest BCUT2D eigenvalue weighted by Crippen LogP contribution is 2.34. The van der Waals surface area contributed by atoms with Gasteiger partial charge in [-0.1, -0.05) is 11.6 Å². The van der Waals surface area contributed by atoms with Gasteiger partial charge in [-0.3, -0.25) is 9.48 Å². The van der Waals surface area contributed by atoms with E-state index in [-0.39, 0.29) is 17.9 Å². The Bertz CT molecular complexity index is 1070. The summed E-state index contributed by atoms with van der Waals surface area (Å²) in [5.74, 6) is 0.845. The normalized spacial score (nSPS) is 21.1. The number of halogens is 1. The first-order valence-electron chi connectivity index (χ1n) is 10.3. The Morgan fingerprint density at radius 3 is 2.83 bits per heavy atom. The Balaban J connectivity index is 1.46. The van der Waals surface area contributed by atoms with Crippen LogP contribution in [0.3, 0.4) is 0 Å². The van der Waals surface area contributed by atoms with E-state index in [1.54, 1.807) is 10.7 Å². The van der Waals surface area contributed by atoms with Crippen molar-refractivity contribution in [3.63, 3.8) is 0 Å². The molecule has 1 amide bonds. The Morgan fingerprint density at radius 1 is 1.23 bits per heavy atom. The van der Waals surface area contributed by atoms with Gasteiger partial charge >= 0.3 is 0 Å². The Hall–Kier alpha value is -2.58. The minimum Gasteiger partial charge on any atom is -0.488 e. The summed E-state index contributed by atoms with van der Waals surface area (Å²) in [5.41, 5.74) is 2.66. The number of amides is 1. The van der Waals surface area contributed by atoms with Crippen molar-refractivity contribution in [1.82, 2.24) is 24.7 Å². The number of rotatable bonds is 5. The minimum absolute atomic E-state index is 0.0669. The summed E-state index contributed by atoms with van der Waals surface area (Å²) in [5, 5.41) is 12.4. The number of fused-ring (bicyclic) bond motifs is 1. The van der Waals surface area contributed by atoms with E-state index in [2.05, 4.69) is 21.7 Å². The van der Waals surface area contributed by atoms with Crippen LogP contribution >= 0.6 is 11.6 Å². The number of nitrogens with zero attached hydrogens (tertiary/aromatic N) is 4. The zero-order valence-corrected chi connectivity index (χ0v) is 17.5. The molecule has 2 fully saturated rings. The van der Waals surface area contributed by atoms with Crippen molar-refractivity contribution in [3.8, 4) is 16.9 Å². The van der Waals surface area contributed by atoms with Crippen LogP contribution in [0.5, 0.6) is 5.75 Å². The van der Waals surface area contributed by atoms with Crippen LogP contribution in [0.2, 0.25) is 5.02 Å². The summed E-state index contributed by atoms with van der Waals surface area (Å²) in [6.07, 6.45) is 9.75. The molecule has 3 aromatic heterocycles. The summed E-state index contributed by atoms with van der Waals surface area (Å²) in [6.45, 7) is 4.15. The van der Waals surface area contributed by atoms with Crippen LogP contribution in [0.4, 0.5) is 0 Å². The van der Waals surface area contributed by atoms with Gasteiger partial charge in [-0.15, -0.1) is 0 Å². The number of carbonyl (C=O) groups is 1. The molecule has 0 unspecified atom stereocenters. The average Bonchev–Trinajstić information content (AvgIpc) is 3.49. The third-order valence-corrected chi connectivity index (χ3v) is 6.29. The molecular weight excluding hydrogens is 406 g/mol. The molecule has 5 rings (SSSR count). The standard InChI is InChI=1S/C21H24ClN5O3/c1-13(14-7-20(28)23-8-14)30-19-6-15(11-27-21(19)18(22)10-25-27)16-9-24-26(12-16)17-2-4-29-5-3-17/h6,9-14,17H,2-5,7-8H2,1H3,(H,23,28)/t13-,14-/m1/s1. The fourth-order valence-corrected chi connectivity index (χ4v) is 4.41. The molecule has 30 heavy (non-hydrogen) atoms.